The topological polar surface area (TPSA) is 158 Å². The monoisotopic (exact) mass is 1290 g/mol. The van der Waals surface area contributed by atoms with Gasteiger partial charge in [-0.1, -0.05) is 122 Å². The Kier molecular flexibility index (Phi) is 34.7. The quantitative estimate of drug-likeness (QED) is 0.0892. The van der Waals surface area contributed by atoms with E-state index in [9.17, 15) is 28.8 Å². The summed E-state index contributed by atoms with van der Waals surface area (Å²) < 4.78 is 34.8. The normalized spacial score (nSPS) is 31.2. The molecule has 2 aliphatic heterocycles. The second-order valence-corrected chi connectivity index (χ2v) is 31.8. The Morgan fingerprint density at radius 2 is 0.901 bits per heavy atom. The highest BCUT2D eigenvalue weighted by Gasteiger charge is 2.63. The number of ether oxygens (including phenoxy) is 6. The van der Waals surface area contributed by atoms with Crippen LogP contribution in [0.2, 0.25) is 0 Å². The summed E-state index contributed by atoms with van der Waals surface area (Å²) >= 11 is 0. The lowest BCUT2D eigenvalue weighted by atomic mass is 9.44. The molecule has 5 atom stereocenters. The first-order chi connectivity index (χ1) is 38.8. The molecule has 13 aliphatic rings. The predicted octanol–water partition coefficient (Wildman–Crippen LogP) is 21.6. The third kappa shape index (κ3) is 19.1. The van der Waals surface area contributed by atoms with Crippen LogP contribution >= 0.6 is 0 Å². The average Bonchev–Trinajstić information content (AvgIpc) is 1.31. The van der Waals surface area contributed by atoms with Crippen molar-refractivity contribution in [1.29, 1.82) is 0 Å². The molecule has 12 bridgehead atoms. The van der Waals surface area contributed by atoms with Gasteiger partial charge in [0, 0.05) is 11.3 Å². The van der Waals surface area contributed by atoms with E-state index in [1.54, 1.807) is 13.8 Å². The first-order valence-corrected chi connectivity index (χ1v) is 34.1. The van der Waals surface area contributed by atoms with Crippen molar-refractivity contribution in [2.24, 2.45) is 92.2 Å². The zero-order chi connectivity index (χ0) is 61.3. The van der Waals surface area contributed by atoms with E-state index in [1.165, 1.54) is 83.5 Å². The van der Waals surface area contributed by atoms with Crippen LogP contribution in [0, 0.1) is 92.2 Å². The van der Waals surface area contributed by atoms with Gasteiger partial charge in [-0.2, -0.15) is 0 Å². The van der Waals surface area contributed by atoms with Crippen LogP contribution in [0.5, 0.6) is 0 Å². The maximum absolute atomic E-state index is 12.9. The van der Waals surface area contributed by atoms with Gasteiger partial charge in [-0.25, -0.2) is 4.79 Å². The number of carbonyl (C=O) groups is 6. The molecular weight excluding hydrogens is 1140 g/mol. The van der Waals surface area contributed by atoms with E-state index in [-0.39, 0.29) is 146 Å². The van der Waals surface area contributed by atoms with Gasteiger partial charge >= 0.3 is 35.8 Å². The Balaban J connectivity index is 0. The fraction of sp³-hybridized carbons (Fsp3) is 0.924. The van der Waals surface area contributed by atoms with Gasteiger partial charge in [0.15, 0.2) is 6.61 Å². The molecule has 0 aromatic heterocycles. The molecule has 11 saturated carbocycles. The molecule has 5 unspecified atom stereocenters. The van der Waals surface area contributed by atoms with Crippen molar-refractivity contribution in [2.75, 3.05) is 6.61 Å². The molecule has 0 N–H and O–H groups in total. The van der Waals surface area contributed by atoms with E-state index in [1.807, 2.05) is 55.4 Å². The minimum Gasteiger partial charge on any atom is -0.459 e. The second-order valence-electron chi connectivity index (χ2n) is 31.8. The van der Waals surface area contributed by atoms with Crippen LogP contribution < -0.4 is 0 Å². The molecule has 2 heterocycles. The van der Waals surface area contributed by atoms with Crippen LogP contribution in [0.15, 0.2) is 0 Å². The van der Waals surface area contributed by atoms with Crippen LogP contribution in [0.3, 0.4) is 0 Å². The molecule has 0 radical (unpaired) electrons. The Labute approximate surface area is 562 Å². The van der Waals surface area contributed by atoms with Crippen LogP contribution in [-0.2, 0) is 57.2 Å². The van der Waals surface area contributed by atoms with Crippen LogP contribution in [0.4, 0.5) is 0 Å². The van der Waals surface area contributed by atoms with E-state index >= 15 is 0 Å². The zero-order valence-electron chi connectivity index (χ0n) is 55.5. The molecule has 538 valence electrons. The number of esters is 6. The van der Waals surface area contributed by atoms with Gasteiger partial charge in [0.05, 0.1) is 27.6 Å². The average molecular weight is 1290 g/mol. The van der Waals surface area contributed by atoms with E-state index in [0.29, 0.717) is 30.1 Å². The highest BCUT2D eigenvalue weighted by molar-refractivity contribution is 5.80. The molecule has 0 aromatic carbocycles. The number of hydrogen-bond acceptors (Lipinski definition) is 12. The lowest BCUT2D eigenvalue weighted by molar-refractivity contribution is -0.231. The summed E-state index contributed by atoms with van der Waals surface area (Å²) in [4.78, 5) is 73.7. The molecular formula is C79H150O12. The zero-order valence-corrected chi connectivity index (χ0v) is 55.5. The van der Waals surface area contributed by atoms with Gasteiger partial charge in [-0.3, -0.25) is 24.0 Å². The highest BCUT2D eigenvalue weighted by Crippen LogP contribution is 2.66. The summed E-state index contributed by atoms with van der Waals surface area (Å²) in [6.45, 7) is 34.5. The van der Waals surface area contributed by atoms with E-state index < -0.39 is 23.5 Å². The third-order valence-electron chi connectivity index (χ3n) is 24.7. The molecule has 13 fully saturated rings. The van der Waals surface area contributed by atoms with Crippen molar-refractivity contribution >= 4 is 35.8 Å². The molecule has 13 rings (SSSR count). The van der Waals surface area contributed by atoms with Crippen LogP contribution in [-0.4, -0.2) is 71.4 Å². The van der Waals surface area contributed by atoms with Gasteiger partial charge < -0.3 is 28.4 Å². The van der Waals surface area contributed by atoms with Gasteiger partial charge in [0.1, 0.15) is 29.0 Å². The molecule has 0 spiro atoms. The minimum absolute atomic E-state index is 0. The maximum atomic E-state index is 12.9. The van der Waals surface area contributed by atoms with Crippen molar-refractivity contribution < 1.29 is 57.2 Å². The Morgan fingerprint density at radius 3 is 1.32 bits per heavy atom. The predicted molar refractivity (Wildman–Crippen MR) is 378 cm³/mol. The summed E-state index contributed by atoms with van der Waals surface area (Å²) in [5.74, 6) is 5.72. The molecule has 12 nitrogen and oxygen atoms in total. The number of carbonyl (C=O) groups excluding carboxylic acids is 6. The van der Waals surface area contributed by atoms with Crippen LogP contribution in [0.1, 0.15) is 344 Å². The van der Waals surface area contributed by atoms with Crippen molar-refractivity contribution in [3.8, 4) is 0 Å². The van der Waals surface area contributed by atoms with Gasteiger partial charge in [0.25, 0.3) is 0 Å². The maximum Gasteiger partial charge on any atom is 0.344 e. The standard InChI is InChI=1S/C21H36O2.C19H32O2.C18H26O6.C13H24O2.8CH4/c1-6-19(4,5)18(22)23-21(7-2,8-3)20-12-15-9-16(13-20)11-17(10-15)14-20;1-6-18(4,5)17(20)21-19(12(2)3)15-8-13-7-14(10-15)11-16(19)9-13;1-4-18(2,3)17(21)22-9-14(19)24-15-11-5-10-6-12(8-11)16(20)23-13(15)7-10;1-5-12(3,4)11(14)15-13(6-2)9-7-8-10-13;;;;;;;;/h15-17H,6-14H2,1-5H3;12-16H,6-11H2,1-5H3;10-13,15H,4-9H2,1-3H3;5-10H2,1-4H3;8*1H4. The van der Waals surface area contributed by atoms with Crippen molar-refractivity contribution in [2.45, 2.75) is 373 Å². The van der Waals surface area contributed by atoms with Gasteiger partial charge in [-0.15, -0.1) is 0 Å². The Morgan fingerprint density at radius 1 is 0.495 bits per heavy atom. The minimum atomic E-state index is -0.615. The summed E-state index contributed by atoms with van der Waals surface area (Å²) in [5.41, 5.74) is -1.92. The largest absolute Gasteiger partial charge is 0.459 e. The number of fused-ring (bicyclic) bond motifs is 1. The Bertz CT molecular complexity index is 2200. The summed E-state index contributed by atoms with van der Waals surface area (Å²) in [5, 5.41) is 0. The molecule has 91 heavy (non-hydrogen) atoms. The fourth-order valence-corrected chi connectivity index (χ4v) is 18.1. The summed E-state index contributed by atoms with van der Waals surface area (Å²) in [6.07, 6.45) is 28.1. The molecule has 11 aliphatic carbocycles. The lowest BCUT2D eigenvalue weighted by Gasteiger charge is -2.63. The van der Waals surface area contributed by atoms with Crippen molar-refractivity contribution in [3.05, 3.63) is 0 Å². The van der Waals surface area contributed by atoms with Crippen molar-refractivity contribution in [1.82, 2.24) is 0 Å². The lowest BCUT2D eigenvalue weighted by Crippen LogP contribution is -2.63. The fourth-order valence-electron chi connectivity index (χ4n) is 18.1. The summed E-state index contributed by atoms with van der Waals surface area (Å²) in [6, 6.07) is 0. The second kappa shape index (κ2) is 35.2. The number of rotatable bonds is 19. The first-order valence-electron chi connectivity index (χ1n) is 34.1. The molecule has 2 saturated heterocycles. The molecule has 12 heteroatoms. The van der Waals surface area contributed by atoms with Crippen molar-refractivity contribution in [3.63, 3.8) is 0 Å². The first kappa shape index (κ1) is 89.9. The van der Waals surface area contributed by atoms with E-state index in [2.05, 4.69) is 48.5 Å². The number of hydrogen-bond donors (Lipinski definition) is 0. The molecule has 0 aromatic rings. The van der Waals surface area contributed by atoms with Crippen LogP contribution in [0.25, 0.3) is 0 Å². The third-order valence-corrected chi connectivity index (χ3v) is 24.7. The molecule has 0 amide bonds. The summed E-state index contributed by atoms with van der Waals surface area (Å²) in [7, 11) is 0. The Hall–Kier alpha value is -3.18. The van der Waals surface area contributed by atoms with E-state index in [0.717, 1.165) is 107 Å². The SMILES string of the molecule is C.C.C.C.C.C.C.C.CCC(C)(C)C(=O)OC(CC)(CC)C12CC3CC(CC(C3)C1)C2.CCC(C)(C)C(=O)OC1(C(C)C)C2CC3CC(C2)CC1C3.CCC(C)(C)C(=O)OCC(=O)OC1C2CC3CC(C2)C(=O)OC1C3.CCC1(OC(=O)C(C)(C)CC)CCCC1. The smallest absolute Gasteiger partial charge is 0.344 e. The van der Waals surface area contributed by atoms with Gasteiger partial charge in [0.2, 0.25) is 0 Å². The highest BCUT2D eigenvalue weighted by atomic mass is 16.6. The van der Waals surface area contributed by atoms with Gasteiger partial charge in [-0.05, 0) is 276 Å². The van der Waals surface area contributed by atoms with E-state index in [4.69, 9.17) is 28.4 Å².